The summed E-state index contributed by atoms with van der Waals surface area (Å²) < 4.78 is 46.6. The van der Waals surface area contributed by atoms with Crippen LogP contribution in [0.2, 0.25) is 0 Å². The van der Waals surface area contributed by atoms with E-state index in [0.717, 1.165) is 6.26 Å². The van der Waals surface area contributed by atoms with Gasteiger partial charge in [0.2, 0.25) is 10.0 Å². The summed E-state index contributed by atoms with van der Waals surface area (Å²) in [6.45, 7) is -0.172. The molecule has 0 spiro atoms. The van der Waals surface area contributed by atoms with E-state index < -0.39 is 42.8 Å². The predicted octanol–water partition coefficient (Wildman–Crippen LogP) is -1.18. The quantitative estimate of drug-likeness (QED) is 0.607. The SMILES string of the molecule is CS(=O)(=O)CCS(=O)(=O)NCC1(C(=O)O)CC1. The van der Waals surface area contributed by atoms with Crippen molar-refractivity contribution in [3.63, 3.8) is 0 Å². The molecule has 0 atom stereocenters. The van der Waals surface area contributed by atoms with Crippen LogP contribution >= 0.6 is 0 Å². The van der Waals surface area contributed by atoms with Gasteiger partial charge in [-0.2, -0.15) is 0 Å². The van der Waals surface area contributed by atoms with Crippen LogP contribution in [0, 0.1) is 5.41 Å². The van der Waals surface area contributed by atoms with Crippen LogP contribution in [0.3, 0.4) is 0 Å². The third kappa shape index (κ3) is 4.60. The Balaban J connectivity index is 2.49. The summed E-state index contributed by atoms with van der Waals surface area (Å²) in [6, 6.07) is 0. The molecule has 100 valence electrons. The zero-order valence-corrected chi connectivity index (χ0v) is 11.0. The van der Waals surface area contributed by atoms with Gasteiger partial charge in [0.15, 0.2) is 0 Å². The predicted molar refractivity (Wildman–Crippen MR) is 60.8 cm³/mol. The van der Waals surface area contributed by atoms with E-state index in [0.29, 0.717) is 12.8 Å². The highest BCUT2D eigenvalue weighted by Gasteiger charge is 2.50. The molecule has 7 nitrogen and oxygen atoms in total. The number of nitrogens with one attached hydrogen (secondary N) is 1. The minimum absolute atomic E-state index is 0.172. The van der Waals surface area contributed by atoms with Crippen LogP contribution < -0.4 is 4.72 Å². The van der Waals surface area contributed by atoms with Crippen LogP contribution in [0.5, 0.6) is 0 Å². The van der Waals surface area contributed by atoms with E-state index in [-0.39, 0.29) is 6.54 Å². The molecule has 1 fully saturated rings. The van der Waals surface area contributed by atoms with Gasteiger partial charge in [-0.1, -0.05) is 0 Å². The van der Waals surface area contributed by atoms with Crippen LogP contribution in [-0.4, -0.2) is 52.2 Å². The van der Waals surface area contributed by atoms with Gasteiger partial charge in [-0.25, -0.2) is 21.6 Å². The summed E-state index contributed by atoms with van der Waals surface area (Å²) in [5.74, 6) is -2.03. The summed E-state index contributed by atoms with van der Waals surface area (Å²) in [5, 5.41) is 8.83. The van der Waals surface area contributed by atoms with E-state index in [1.165, 1.54) is 0 Å². The van der Waals surface area contributed by atoms with Crippen molar-refractivity contribution in [2.45, 2.75) is 12.8 Å². The fourth-order valence-corrected chi connectivity index (χ4v) is 3.93. The Kier molecular flexibility index (Phi) is 3.84. The maximum absolute atomic E-state index is 11.4. The summed E-state index contributed by atoms with van der Waals surface area (Å²) >= 11 is 0. The maximum atomic E-state index is 11.4. The topological polar surface area (TPSA) is 118 Å². The molecule has 1 aliphatic rings. The summed E-state index contributed by atoms with van der Waals surface area (Å²) in [4.78, 5) is 10.8. The van der Waals surface area contributed by atoms with Gasteiger partial charge in [0.05, 0.1) is 16.9 Å². The van der Waals surface area contributed by atoms with Crippen molar-refractivity contribution in [3.8, 4) is 0 Å². The van der Waals surface area contributed by atoms with E-state index in [9.17, 15) is 21.6 Å². The Labute approximate surface area is 100 Å². The molecule has 0 amide bonds. The number of hydrogen-bond donors (Lipinski definition) is 2. The fraction of sp³-hybridized carbons (Fsp3) is 0.875. The number of aliphatic carboxylic acids is 1. The molecular formula is C8H15NO6S2. The maximum Gasteiger partial charge on any atom is 0.310 e. The van der Waals surface area contributed by atoms with Crippen molar-refractivity contribution >= 4 is 25.8 Å². The minimum atomic E-state index is -3.73. The van der Waals surface area contributed by atoms with Gasteiger partial charge in [0, 0.05) is 12.8 Å². The monoisotopic (exact) mass is 285 g/mol. The van der Waals surface area contributed by atoms with Gasteiger partial charge >= 0.3 is 5.97 Å². The van der Waals surface area contributed by atoms with Gasteiger partial charge in [-0.15, -0.1) is 0 Å². The number of sulfonamides is 1. The smallest absolute Gasteiger partial charge is 0.310 e. The second kappa shape index (κ2) is 4.54. The van der Waals surface area contributed by atoms with Crippen molar-refractivity contribution in [3.05, 3.63) is 0 Å². The highest BCUT2D eigenvalue weighted by atomic mass is 32.2. The number of carboxylic acid groups (broad SMARTS) is 1. The third-order valence-corrected chi connectivity index (χ3v) is 5.19. The standard InChI is InChI=1S/C8H15NO6S2/c1-16(12,13)4-5-17(14,15)9-6-8(2-3-8)7(10)11/h9H,2-6H2,1H3,(H,10,11). The Hall–Kier alpha value is -0.670. The molecule has 0 radical (unpaired) electrons. The molecule has 2 N–H and O–H groups in total. The lowest BCUT2D eigenvalue weighted by molar-refractivity contribution is -0.143. The molecule has 9 heteroatoms. The van der Waals surface area contributed by atoms with E-state index in [2.05, 4.69) is 4.72 Å². The van der Waals surface area contributed by atoms with Crippen molar-refractivity contribution in [1.82, 2.24) is 4.72 Å². The molecule has 0 heterocycles. The first-order chi connectivity index (χ1) is 7.56. The Morgan fingerprint density at radius 2 is 1.76 bits per heavy atom. The van der Waals surface area contributed by atoms with Gasteiger partial charge in [0.25, 0.3) is 0 Å². The summed E-state index contributed by atoms with van der Waals surface area (Å²) in [5.41, 5.74) is -0.988. The van der Waals surface area contributed by atoms with Crippen LogP contribution in [0.15, 0.2) is 0 Å². The lowest BCUT2D eigenvalue weighted by Crippen LogP contribution is -2.36. The first-order valence-electron chi connectivity index (χ1n) is 4.95. The Morgan fingerprint density at radius 3 is 2.12 bits per heavy atom. The molecule has 0 aromatic carbocycles. The van der Waals surface area contributed by atoms with E-state index in [1.807, 2.05) is 0 Å². The van der Waals surface area contributed by atoms with Gasteiger partial charge in [-0.05, 0) is 12.8 Å². The molecule has 0 aliphatic heterocycles. The van der Waals surface area contributed by atoms with Crippen molar-refractivity contribution < 1.29 is 26.7 Å². The zero-order chi connectivity index (χ0) is 13.3. The summed E-state index contributed by atoms with van der Waals surface area (Å²) in [6.07, 6.45) is 1.83. The fourth-order valence-electron chi connectivity index (χ4n) is 1.20. The lowest BCUT2D eigenvalue weighted by Gasteiger charge is -2.11. The Bertz CT molecular complexity index is 502. The molecule has 0 saturated heterocycles. The number of carboxylic acids is 1. The zero-order valence-electron chi connectivity index (χ0n) is 9.34. The number of hydrogen-bond acceptors (Lipinski definition) is 5. The molecule has 1 rings (SSSR count). The molecular weight excluding hydrogens is 270 g/mol. The second-order valence-corrected chi connectivity index (χ2v) is 8.54. The average molecular weight is 285 g/mol. The first-order valence-corrected chi connectivity index (χ1v) is 8.66. The number of sulfone groups is 1. The van der Waals surface area contributed by atoms with E-state index in [1.54, 1.807) is 0 Å². The molecule has 17 heavy (non-hydrogen) atoms. The van der Waals surface area contributed by atoms with Gasteiger partial charge < -0.3 is 5.11 Å². The van der Waals surface area contributed by atoms with Crippen molar-refractivity contribution in [2.75, 3.05) is 24.3 Å². The molecule has 0 unspecified atom stereocenters. The average Bonchev–Trinajstić information content (AvgIpc) is 2.92. The van der Waals surface area contributed by atoms with Crippen LogP contribution in [-0.2, 0) is 24.7 Å². The van der Waals surface area contributed by atoms with Crippen molar-refractivity contribution in [2.24, 2.45) is 5.41 Å². The van der Waals surface area contributed by atoms with Crippen LogP contribution in [0.4, 0.5) is 0 Å². The molecule has 1 saturated carbocycles. The number of carbonyl (C=O) groups is 1. The van der Waals surface area contributed by atoms with E-state index >= 15 is 0 Å². The van der Waals surface area contributed by atoms with Gasteiger partial charge in [0.1, 0.15) is 9.84 Å². The third-order valence-electron chi connectivity index (χ3n) is 2.66. The largest absolute Gasteiger partial charge is 0.481 e. The second-order valence-electron chi connectivity index (χ2n) is 4.36. The Morgan fingerprint density at radius 1 is 1.24 bits per heavy atom. The summed E-state index contributed by atoms with van der Waals surface area (Å²) in [7, 11) is -7.08. The highest BCUT2D eigenvalue weighted by molar-refractivity contribution is 7.93. The molecule has 0 aromatic heterocycles. The van der Waals surface area contributed by atoms with Crippen LogP contribution in [0.25, 0.3) is 0 Å². The lowest BCUT2D eigenvalue weighted by atomic mass is 10.1. The van der Waals surface area contributed by atoms with E-state index in [4.69, 9.17) is 5.11 Å². The highest BCUT2D eigenvalue weighted by Crippen LogP contribution is 2.45. The molecule has 1 aliphatic carbocycles. The molecule has 0 bridgehead atoms. The molecule has 0 aromatic rings. The van der Waals surface area contributed by atoms with Gasteiger partial charge in [-0.3, -0.25) is 4.79 Å². The number of rotatable bonds is 7. The normalized spacial score (nSPS) is 18.9. The van der Waals surface area contributed by atoms with Crippen LogP contribution in [0.1, 0.15) is 12.8 Å². The van der Waals surface area contributed by atoms with Crippen molar-refractivity contribution in [1.29, 1.82) is 0 Å². The minimum Gasteiger partial charge on any atom is -0.481 e. The first kappa shape index (κ1) is 14.4.